The summed E-state index contributed by atoms with van der Waals surface area (Å²) >= 11 is 0. The van der Waals surface area contributed by atoms with E-state index in [9.17, 15) is 4.79 Å². The molecule has 0 radical (unpaired) electrons. The van der Waals surface area contributed by atoms with Crippen LogP contribution in [0.2, 0.25) is 0 Å². The van der Waals surface area contributed by atoms with Crippen LogP contribution in [0.4, 0.5) is 0 Å². The Morgan fingerprint density at radius 1 is 1.42 bits per heavy atom. The normalized spacial score (nSPS) is 17.0. The molecule has 2 heterocycles. The van der Waals surface area contributed by atoms with Crippen molar-refractivity contribution in [3.63, 3.8) is 0 Å². The van der Waals surface area contributed by atoms with Gasteiger partial charge in [-0.25, -0.2) is 4.98 Å². The van der Waals surface area contributed by atoms with Gasteiger partial charge < -0.3 is 19.9 Å². The van der Waals surface area contributed by atoms with Gasteiger partial charge in [0, 0.05) is 26.2 Å². The molecule has 1 aliphatic heterocycles. The van der Waals surface area contributed by atoms with Crippen molar-refractivity contribution in [3.8, 4) is 0 Å². The number of aromatic nitrogens is 2. The van der Waals surface area contributed by atoms with Crippen LogP contribution in [0.1, 0.15) is 12.2 Å². The first kappa shape index (κ1) is 20.7. The zero-order valence-corrected chi connectivity index (χ0v) is 15.3. The summed E-state index contributed by atoms with van der Waals surface area (Å²) in [7, 11) is 0. The second-order valence-corrected chi connectivity index (χ2v) is 5.55. The van der Waals surface area contributed by atoms with Crippen LogP contribution in [0.15, 0.2) is 24.3 Å². The predicted molar refractivity (Wildman–Crippen MR) is 99.2 cm³/mol. The molecule has 1 amide bonds. The number of hydrogen-bond donors (Lipinski definition) is 2. The number of hydrogen-bond acceptors (Lipinski definition) is 4. The minimum atomic E-state index is -0.00967. The highest BCUT2D eigenvalue weighted by Crippen LogP contribution is 2.14. The monoisotopic (exact) mass is 374 g/mol. The number of carbonyl (C=O) groups is 1. The Balaban J connectivity index is 0.00000144. The van der Waals surface area contributed by atoms with Crippen molar-refractivity contribution in [2.45, 2.75) is 26.0 Å². The fraction of sp³-hybridized carbons (Fsp3) is 0.500. The lowest BCUT2D eigenvalue weighted by Gasteiger charge is -2.23. The average Bonchev–Trinajstić information content (AvgIpc) is 2.84. The SMILES string of the molecule is Cc1nc2ccccc2n1CCNC(=O)CC1CNCCO1.Cl.Cl. The van der Waals surface area contributed by atoms with Gasteiger partial charge in [0.15, 0.2) is 0 Å². The number of benzene rings is 1. The second kappa shape index (κ2) is 9.84. The summed E-state index contributed by atoms with van der Waals surface area (Å²) in [5, 5.41) is 6.19. The van der Waals surface area contributed by atoms with E-state index in [0.717, 1.165) is 36.5 Å². The van der Waals surface area contributed by atoms with Crippen LogP contribution in [0.5, 0.6) is 0 Å². The molecular weight excluding hydrogens is 351 g/mol. The molecule has 1 aromatic heterocycles. The van der Waals surface area contributed by atoms with Crippen LogP contribution >= 0.6 is 24.8 Å². The molecule has 3 rings (SSSR count). The van der Waals surface area contributed by atoms with Crippen molar-refractivity contribution in [2.24, 2.45) is 0 Å². The Kier molecular flexibility index (Phi) is 8.48. The van der Waals surface area contributed by atoms with Gasteiger partial charge in [-0.3, -0.25) is 4.79 Å². The number of nitrogens with one attached hydrogen (secondary N) is 2. The maximum Gasteiger partial charge on any atom is 0.222 e. The van der Waals surface area contributed by atoms with E-state index in [1.54, 1.807) is 0 Å². The van der Waals surface area contributed by atoms with Gasteiger partial charge in [0.2, 0.25) is 5.91 Å². The number of amides is 1. The molecule has 2 N–H and O–H groups in total. The third-order valence-electron chi connectivity index (χ3n) is 3.92. The molecule has 0 saturated carbocycles. The molecule has 0 spiro atoms. The zero-order chi connectivity index (χ0) is 15.4. The number of carbonyl (C=O) groups excluding carboxylic acids is 1. The Hall–Kier alpha value is -1.34. The summed E-state index contributed by atoms with van der Waals surface area (Å²) in [5.41, 5.74) is 2.10. The third-order valence-corrected chi connectivity index (χ3v) is 3.92. The number of ether oxygens (including phenoxy) is 1. The van der Waals surface area contributed by atoms with E-state index in [4.69, 9.17) is 4.74 Å². The summed E-state index contributed by atoms with van der Waals surface area (Å²) in [6.45, 7) is 5.60. The Morgan fingerprint density at radius 3 is 2.96 bits per heavy atom. The smallest absolute Gasteiger partial charge is 0.222 e. The molecule has 8 heteroatoms. The Morgan fingerprint density at radius 2 is 2.21 bits per heavy atom. The highest BCUT2D eigenvalue weighted by molar-refractivity contribution is 5.85. The lowest BCUT2D eigenvalue weighted by Crippen LogP contribution is -2.41. The van der Waals surface area contributed by atoms with E-state index < -0.39 is 0 Å². The van der Waals surface area contributed by atoms with Gasteiger partial charge in [0.1, 0.15) is 5.82 Å². The lowest BCUT2D eigenvalue weighted by molar-refractivity contribution is -0.124. The van der Waals surface area contributed by atoms with Crippen molar-refractivity contribution in [3.05, 3.63) is 30.1 Å². The highest BCUT2D eigenvalue weighted by atomic mass is 35.5. The minimum Gasteiger partial charge on any atom is -0.375 e. The van der Waals surface area contributed by atoms with Crippen LogP contribution in [0, 0.1) is 6.92 Å². The number of morpholine rings is 1. The molecule has 0 aliphatic carbocycles. The number of nitrogens with zero attached hydrogens (tertiary/aromatic N) is 2. The average molecular weight is 375 g/mol. The summed E-state index contributed by atoms with van der Waals surface area (Å²) in [6.07, 6.45) is 0.404. The quantitative estimate of drug-likeness (QED) is 0.835. The van der Waals surface area contributed by atoms with Crippen LogP contribution in [-0.2, 0) is 16.1 Å². The Labute approximate surface area is 154 Å². The summed E-state index contributed by atoms with van der Waals surface area (Å²) in [5.74, 6) is 1.01. The second-order valence-electron chi connectivity index (χ2n) is 5.55. The van der Waals surface area contributed by atoms with E-state index in [2.05, 4.69) is 26.3 Å². The van der Waals surface area contributed by atoms with E-state index in [0.29, 0.717) is 19.6 Å². The predicted octanol–water partition coefficient (Wildman–Crippen LogP) is 1.68. The molecule has 24 heavy (non-hydrogen) atoms. The molecule has 134 valence electrons. The van der Waals surface area contributed by atoms with Crippen molar-refractivity contribution < 1.29 is 9.53 Å². The van der Waals surface area contributed by atoms with E-state index in [-0.39, 0.29) is 36.8 Å². The molecular formula is C16H24Cl2N4O2. The third kappa shape index (κ3) is 5.08. The van der Waals surface area contributed by atoms with E-state index in [1.807, 2.05) is 25.1 Å². The fourth-order valence-corrected chi connectivity index (χ4v) is 2.82. The van der Waals surface area contributed by atoms with Gasteiger partial charge >= 0.3 is 0 Å². The topological polar surface area (TPSA) is 68.2 Å². The van der Waals surface area contributed by atoms with Gasteiger partial charge in [-0.2, -0.15) is 0 Å². The number of aryl methyl sites for hydroxylation is 1. The molecule has 6 nitrogen and oxygen atoms in total. The van der Waals surface area contributed by atoms with Gasteiger partial charge in [0.05, 0.1) is 30.2 Å². The lowest BCUT2D eigenvalue weighted by atomic mass is 10.2. The molecule has 1 saturated heterocycles. The molecule has 1 fully saturated rings. The first-order chi connectivity index (χ1) is 10.7. The maximum atomic E-state index is 11.9. The van der Waals surface area contributed by atoms with Crippen LogP contribution in [0.3, 0.4) is 0 Å². The number of halogens is 2. The first-order valence-electron chi connectivity index (χ1n) is 7.75. The van der Waals surface area contributed by atoms with Crippen molar-refractivity contribution >= 4 is 41.8 Å². The number of para-hydroxylation sites is 2. The zero-order valence-electron chi connectivity index (χ0n) is 13.7. The van der Waals surface area contributed by atoms with Gasteiger partial charge in [0.25, 0.3) is 0 Å². The maximum absolute atomic E-state index is 11.9. The Bertz CT molecular complexity index is 657. The summed E-state index contributed by atoms with van der Waals surface area (Å²) in [6, 6.07) is 8.05. The van der Waals surface area contributed by atoms with Crippen molar-refractivity contribution in [1.29, 1.82) is 0 Å². The first-order valence-corrected chi connectivity index (χ1v) is 7.75. The number of imidazole rings is 1. The fourth-order valence-electron chi connectivity index (χ4n) is 2.82. The van der Waals surface area contributed by atoms with Crippen molar-refractivity contribution in [1.82, 2.24) is 20.2 Å². The van der Waals surface area contributed by atoms with Gasteiger partial charge in [-0.1, -0.05) is 12.1 Å². The minimum absolute atomic E-state index is 0. The summed E-state index contributed by atoms with van der Waals surface area (Å²) < 4.78 is 7.67. The number of fused-ring (bicyclic) bond motifs is 1. The standard InChI is InChI=1S/C16H22N4O2.2ClH/c1-12-19-14-4-2-3-5-15(14)20(12)8-6-18-16(21)10-13-11-17-7-9-22-13;;/h2-5,13,17H,6-11H2,1H3,(H,18,21);2*1H. The van der Waals surface area contributed by atoms with Gasteiger partial charge in [-0.15, -0.1) is 24.8 Å². The molecule has 0 bridgehead atoms. The summed E-state index contributed by atoms with van der Waals surface area (Å²) in [4.78, 5) is 16.5. The molecule has 2 aromatic rings. The molecule has 1 unspecified atom stereocenters. The van der Waals surface area contributed by atoms with E-state index in [1.165, 1.54) is 0 Å². The largest absolute Gasteiger partial charge is 0.375 e. The molecule has 1 atom stereocenters. The molecule has 1 aromatic carbocycles. The van der Waals surface area contributed by atoms with E-state index >= 15 is 0 Å². The molecule has 1 aliphatic rings. The van der Waals surface area contributed by atoms with Crippen molar-refractivity contribution in [2.75, 3.05) is 26.2 Å². The van der Waals surface area contributed by atoms with Crippen LogP contribution < -0.4 is 10.6 Å². The van der Waals surface area contributed by atoms with Crippen LogP contribution in [-0.4, -0.2) is 47.8 Å². The van der Waals surface area contributed by atoms with Gasteiger partial charge in [-0.05, 0) is 19.1 Å². The number of rotatable bonds is 5. The highest BCUT2D eigenvalue weighted by Gasteiger charge is 2.17. The van der Waals surface area contributed by atoms with Crippen LogP contribution in [0.25, 0.3) is 11.0 Å².